The van der Waals surface area contributed by atoms with Gasteiger partial charge >= 0.3 is 0 Å². The SMILES string of the molecule is CCNC(=NCc1ccc(C)c(F)c1)NCCOCC(C)C.I. The molecule has 0 saturated carbocycles. The third-order valence-corrected chi connectivity index (χ3v) is 2.99. The highest BCUT2D eigenvalue weighted by molar-refractivity contribution is 14.0. The molecule has 0 radical (unpaired) electrons. The predicted octanol–water partition coefficient (Wildman–Crippen LogP) is 3.48. The van der Waals surface area contributed by atoms with Crippen molar-refractivity contribution in [1.82, 2.24) is 10.6 Å². The predicted molar refractivity (Wildman–Crippen MR) is 105 cm³/mol. The number of halogens is 2. The molecule has 1 aromatic carbocycles. The van der Waals surface area contributed by atoms with E-state index >= 15 is 0 Å². The number of benzene rings is 1. The van der Waals surface area contributed by atoms with E-state index in [0.717, 1.165) is 24.7 Å². The normalized spacial score (nSPS) is 11.3. The molecular formula is C17H29FIN3O. The van der Waals surface area contributed by atoms with Crippen LogP contribution in [0.4, 0.5) is 4.39 Å². The lowest BCUT2D eigenvalue weighted by Gasteiger charge is -2.12. The second kappa shape index (κ2) is 12.5. The molecule has 0 aromatic heterocycles. The molecule has 1 aromatic rings. The van der Waals surface area contributed by atoms with E-state index < -0.39 is 0 Å². The van der Waals surface area contributed by atoms with Crippen molar-refractivity contribution in [3.05, 3.63) is 35.1 Å². The van der Waals surface area contributed by atoms with Crippen molar-refractivity contribution in [3.8, 4) is 0 Å². The van der Waals surface area contributed by atoms with E-state index in [9.17, 15) is 4.39 Å². The molecule has 132 valence electrons. The van der Waals surface area contributed by atoms with E-state index in [-0.39, 0.29) is 29.8 Å². The molecule has 0 amide bonds. The van der Waals surface area contributed by atoms with Crippen molar-refractivity contribution in [1.29, 1.82) is 0 Å². The Morgan fingerprint density at radius 1 is 1.30 bits per heavy atom. The molecular weight excluding hydrogens is 408 g/mol. The summed E-state index contributed by atoms with van der Waals surface area (Å²) in [7, 11) is 0. The molecule has 0 bridgehead atoms. The zero-order valence-electron chi connectivity index (χ0n) is 14.5. The maximum absolute atomic E-state index is 13.5. The molecule has 1 rings (SSSR count). The third-order valence-electron chi connectivity index (χ3n) is 2.99. The first-order chi connectivity index (χ1) is 10.5. The van der Waals surface area contributed by atoms with Crippen LogP contribution in [0.25, 0.3) is 0 Å². The molecule has 2 N–H and O–H groups in total. The number of hydrogen-bond donors (Lipinski definition) is 2. The highest BCUT2D eigenvalue weighted by atomic mass is 127. The standard InChI is InChI=1S/C17H28FN3O.HI/c1-5-19-17(20-8-9-22-12-13(2)3)21-11-15-7-6-14(4)16(18)10-15;/h6-7,10,13H,5,8-9,11-12H2,1-4H3,(H2,19,20,21);1H. The highest BCUT2D eigenvalue weighted by Gasteiger charge is 2.01. The Bertz CT molecular complexity index is 481. The highest BCUT2D eigenvalue weighted by Crippen LogP contribution is 2.09. The molecule has 0 aliphatic carbocycles. The van der Waals surface area contributed by atoms with Gasteiger partial charge in [-0.05, 0) is 37.0 Å². The zero-order chi connectivity index (χ0) is 16.4. The van der Waals surface area contributed by atoms with Gasteiger partial charge in [0.1, 0.15) is 5.82 Å². The molecule has 0 unspecified atom stereocenters. The fourth-order valence-electron chi connectivity index (χ4n) is 1.81. The maximum atomic E-state index is 13.5. The summed E-state index contributed by atoms with van der Waals surface area (Å²) in [5.41, 5.74) is 1.51. The zero-order valence-corrected chi connectivity index (χ0v) is 16.8. The average molecular weight is 437 g/mol. The molecule has 0 spiro atoms. The first-order valence-corrected chi connectivity index (χ1v) is 7.87. The Morgan fingerprint density at radius 2 is 2.04 bits per heavy atom. The fraction of sp³-hybridized carbons (Fsp3) is 0.588. The molecule has 0 fully saturated rings. The van der Waals surface area contributed by atoms with E-state index in [4.69, 9.17) is 4.74 Å². The first-order valence-electron chi connectivity index (χ1n) is 7.87. The quantitative estimate of drug-likeness (QED) is 0.283. The van der Waals surface area contributed by atoms with Gasteiger partial charge in [0.25, 0.3) is 0 Å². The largest absolute Gasteiger partial charge is 0.379 e. The molecule has 0 heterocycles. The van der Waals surface area contributed by atoms with Crippen LogP contribution < -0.4 is 10.6 Å². The van der Waals surface area contributed by atoms with Gasteiger partial charge in [-0.3, -0.25) is 0 Å². The Morgan fingerprint density at radius 3 is 2.65 bits per heavy atom. The average Bonchev–Trinajstić information content (AvgIpc) is 2.47. The van der Waals surface area contributed by atoms with E-state index in [1.165, 1.54) is 6.07 Å². The molecule has 6 heteroatoms. The van der Waals surface area contributed by atoms with Crippen LogP contribution in [0.5, 0.6) is 0 Å². The van der Waals surface area contributed by atoms with Crippen LogP contribution >= 0.6 is 24.0 Å². The summed E-state index contributed by atoms with van der Waals surface area (Å²) in [6.07, 6.45) is 0. The number of aryl methyl sites for hydroxylation is 1. The van der Waals surface area contributed by atoms with Crippen LogP contribution in [0, 0.1) is 18.7 Å². The number of nitrogens with one attached hydrogen (secondary N) is 2. The molecule has 23 heavy (non-hydrogen) atoms. The van der Waals surface area contributed by atoms with E-state index in [1.807, 2.05) is 13.0 Å². The van der Waals surface area contributed by atoms with Crippen LogP contribution in [0.1, 0.15) is 31.9 Å². The minimum absolute atomic E-state index is 0. The smallest absolute Gasteiger partial charge is 0.191 e. The fourth-order valence-corrected chi connectivity index (χ4v) is 1.81. The topological polar surface area (TPSA) is 45.7 Å². The monoisotopic (exact) mass is 437 g/mol. The molecule has 0 aliphatic heterocycles. The lowest BCUT2D eigenvalue weighted by Crippen LogP contribution is -2.39. The van der Waals surface area contributed by atoms with Gasteiger partial charge in [0.05, 0.1) is 13.2 Å². The summed E-state index contributed by atoms with van der Waals surface area (Å²) in [4.78, 5) is 4.46. The van der Waals surface area contributed by atoms with Crippen LogP contribution in [0.15, 0.2) is 23.2 Å². The number of guanidine groups is 1. The van der Waals surface area contributed by atoms with Gasteiger partial charge in [-0.15, -0.1) is 24.0 Å². The summed E-state index contributed by atoms with van der Waals surface area (Å²) in [5, 5.41) is 6.38. The van der Waals surface area contributed by atoms with Crippen LogP contribution in [-0.2, 0) is 11.3 Å². The third kappa shape index (κ3) is 9.76. The van der Waals surface area contributed by atoms with Gasteiger partial charge < -0.3 is 15.4 Å². The summed E-state index contributed by atoms with van der Waals surface area (Å²) in [5.74, 6) is 1.07. The summed E-state index contributed by atoms with van der Waals surface area (Å²) < 4.78 is 19.0. The lowest BCUT2D eigenvalue weighted by molar-refractivity contribution is 0.114. The van der Waals surface area contributed by atoms with Crippen LogP contribution in [-0.4, -0.2) is 32.3 Å². The number of hydrogen-bond acceptors (Lipinski definition) is 2. The molecule has 0 atom stereocenters. The maximum Gasteiger partial charge on any atom is 0.191 e. The molecule has 0 aliphatic rings. The lowest BCUT2D eigenvalue weighted by atomic mass is 10.1. The van der Waals surface area contributed by atoms with Gasteiger partial charge in [-0.25, -0.2) is 9.38 Å². The summed E-state index contributed by atoms with van der Waals surface area (Å²) >= 11 is 0. The van der Waals surface area contributed by atoms with Gasteiger partial charge in [-0.1, -0.05) is 26.0 Å². The number of aliphatic imine (C=N–C) groups is 1. The van der Waals surface area contributed by atoms with Crippen molar-refractivity contribution in [2.75, 3.05) is 26.3 Å². The molecule has 4 nitrogen and oxygen atoms in total. The Labute approximate surface area is 156 Å². The van der Waals surface area contributed by atoms with E-state index in [2.05, 4.69) is 29.5 Å². The van der Waals surface area contributed by atoms with E-state index in [0.29, 0.717) is 31.2 Å². The van der Waals surface area contributed by atoms with Gasteiger partial charge in [0.15, 0.2) is 5.96 Å². The Hall–Kier alpha value is -0.890. The van der Waals surface area contributed by atoms with Gasteiger partial charge in [-0.2, -0.15) is 0 Å². The summed E-state index contributed by atoms with van der Waals surface area (Å²) in [6.45, 7) is 11.3. The Kier molecular flexibility index (Phi) is 12.0. The number of rotatable bonds is 8. The molecule has 0 saturated heterocycles. The number of nitrogens with zero attached hydrogens (tertiary/aromatic N) is 1. The summed E-state index contributed by atoms with van der Waals surface area (Å²) in [6, 6.07) is 5.21. The van der Waals surface area contributed by atoms with Crippen molar-refractivity contribution >= 4 is 29.9 Å². The van der Waals surface area contributed by atoms with Crippen molar-refractivity contribution in [2.24, 2.45) is 10.9 Å². The van der Waals surface area contributed by atoms with Crippen molar-refractivity contribution < 1.29 is 9.13 Å². The second-order valence-electron chi connectivity index (χ2n) is 5.67. The van der Waals surface area contributed by atoms with Crippen molar-refractivity contribution in [3.63, 3.8) is 0 Å². The van der Waals surface area contributed by atoms with Crippen LogP contribution in [0.3, 0.4) is 0 Å². The van der Waals surface area contributed by atoms with Gasteiger partial charge in [0.2, 0.25) is 0 Å². The first kappa shape index (κ1) is 22.1. The van der Waals surface area contributed by atoms with Crippen LogP contribution in [0.2, 0.25) is 0 Å². The minimum atomic E-state index is -0.187. The second-order valence-corrected chi connectivity index (χ2v) is 5.67. The van der Waals surface area contributed by atoms with Gasteiger partial charge in [0, 0.05) is 19.7 Å². The minimum Gasteiger partial charge on any atom is -0.379 e. The number of ether oxygens (including phenoxy) is 1. The van der Waals surface area contributed by atoms with Crippen molar-refractivity contribution in [2.45, 2.75) is 34.2 Å². The Balaban J connectivity index is 0.00000484. The van der Waals surface area contributed by atoms with E-state index in [1.54, 1.807) is 13.0 Å².